The van der Waals surface area contributed by atoms with Crippen molar-refractivity contribution in [3.8, 4) is 5.75 Å². The van der Waals surface area contributed by atoms with E-state index in [0.29, 0.717) is 0 Å². The van der Waals surface area contributed by atoms with Crippen LogP contribution in [0, 0.1) is 0 Å². The molecule has 5 nitrogen and oxygen atoms in total. The number of hydrogen-bond donors (Lipinski definition) is 2. The van der Waals surface area contributed by atoms with Gasteiger partial charge in [0.1, 0.15) is 5.75 Å². The van der Waals surface area contributed by atoms with Gasteiger partial charge in [-0.1, -0.05) is 18.2 Å². The Morgan fingerprint density at radius 3 is 2.97 bits per heavy atom. The Kier molecular flexibility index (Phi) is 7.43. The van der Waals surface area contributed by atoms with E-state index in [1.54, 1.807) is 30.6 Å². The van der Waals surface area contributed by atoms with Crippen LogP contribution in [0.5, 0.6) is 5.75 Å². The van der Waals surface area contributed by atoms with E-state index in [9.17, 15) is 9.90 Å². The van der Waals surface area contributed by atoms with Crippen molar-refractivity contribution in [1.29, 1.82) is 0 Å². The standard InChI is InChI=1S/C26H31BrN2O3S/c1-3-12-29-13-11-25(19-5-4-6-22(30)14-19)16-21(9-10-26(25,18-29)32-2)28-24(31)8-7-23-15-20(27)17-33-23/h3-8,14-15,17,21,30H,1,9-13,16,18H2,2H3,(H,28,31)/t21-,25+,26+/m1/s1. The minimum atomic E-state index is -0.387. The number of carbonyl (C=O) groups excluding carboxylic acids is 1. The molecular weight excluding hydrogens is 500 g/mol. The van der Waals surface area contributed by atoms with Gasteiger partial charge in [0.15, 0.2) is 0 Å². The van der Waals surface area contributed by atoms with Crippen LogP contribution in [-0.2, 0) is 14.9 Å². The van der Waals surface area contributed by atoms with Crippen LogP contribution < -0.4 is 5.32 Å². The number of likely N-dealkylation sites (tertiary alicyclic amines) is 1. The largest absolute Gasteiger partial charge is 0.508 e. The lowest BCUT2D eigenvalue weighted by atomic mass is 9.55. The Hall–Kier alpha value is -1.93. The number of thiophene rings is 1. The monoisotopic (exact) mass is 530 g/mol. The van der Waals surface area contributed by atoms with Crippen LogP contribution in [0.3, 0.4) is 0 Å². The SMILES string of the molecule is C=CCN1CC[C@@]2(c3cccc(O)c3)C[C@H](NC(=O)C=Cc3cc(Br)cs3)CC[C@]2(OC)C1. The number of hydrogen-bond acceptors (Lipinski definition) is 5. The van der Waals surface area contributed by atoms with Crippen LogP contribution >= 0.6 is 27.3 Å². The van der Waals surface area contributed by atoms with Crippen LogP contribution in [0.1, 0.15) is 36.1 Å². The summed E-state index contributed by atoms with van der Waals surface area (Å²) in [5, 5.41) is 15.5. The molecule has 3 atom stereocenters. The fourth-order valence-electron chi connectivity index (χ4n) is 5.68. The first kappa shape index (κ1) is 24.2. The molecule has 0 spiro atoms. The number of carbonyl (C=O) groups is 1. The van der Waals surface area contributed by atoms with E-state index in [4.69, 9.17) is 4.74 Å². The van der Waals surface area contributed by atoms with E-state index in [1.165, 1.54) is 0 Å². The molecule has 7 heteroatoms. The number of piperidine rings is 1. The third kappa shape index (κ3) is 4.97. The molecule has 2 heterocycles. The molecule has 0 bridgehead atoms. The lowest BCUT2D eigenvalue weighted by Crippen LogP contribution is -2.67. The second-order valence-corrected chi connectivity index (χ2v) is 10.9. The summed E-state index contributed by atoms with van der Waals surface area (Å²) in [7, 11) is 1.80. The summed E-state index contributed by atoms with van der Waals surface area (Å²) < 4.78 is 7.35. The smallest absolute Gasteiger partial charge is 0.244 e. The van der Waals surface area contributed by atoms with Crippen molar-refractivity contribution < 1.29 is 14.6 Å². The van der Waals surface area contributed by atoms with Gasteiger partial charge in [-0.05, 0) is 78.0 Å². The second kappa shape index (κ2) is 10.1. The number of methoxy groups -OCH3 is 1. The van der Waals surface area contributed by atoms with Crippen molar-refractivity contribution in [2.45, 2.75) is 42.7 Å². The summed E-state index contributed by atoms with van der Waals surface area (Å²) >= 11 is 5.04. The van der Waals surface area contributed by atoms with E-state index < -0.39 is 0 Å². The van der Waals surface area contributed by atoms with Gasteiger partial charge >= 0.3 is 0 Å². The Morgan fingerprint density at radius 2 is 2.27 bits per heavy atom. The van der Waals surface area contributed by atoms with Crippen molar-refractivity contribution >= 4 is 39.2 Å². The highest BCUT2D eigenvalue weighted by Gasteiger charge is 2.58. The summed E-state index contributed by atoms with van der Waals surface area (Å²) in [6, 6.07) is 9.60. The molecule has 33 heavy (non-hydrogen) atoms. The molecule has 2 fully saturated rings. The topological polar surface area (TPSA) is 61.8 Å². The summed E-state index contributed by atoms with van der Waals surface area (Å²) in [5.74, 6) is 0.182. The molecule has 1 saturated heterocycles. The van der Waals surface area contributed by atoms with Crippen LogP contribution in [0.4, 0.5) is 0 Å². The molecule has 0 unspecified atom stereocenters. The zero-order valence-electron chi connectivity index (χ0n) is 18.9. The number of ether oxygens (including phenoxy) is 1. The highest BCUT2D eigenvalue weighted by atomic mass is 79.9. The fraction of sp³-hybridized carbons (Fsp3) is 0.423. The van der Waals surface area contributed by atoms with E-state index in [-0.39, 0.29) is 28.7 Å². The molecular formula is C26H31BrN2O3S. The van der Waals surface area contributed by atoms with Gasteiger partial charge < -0.3 is 15.2 Å². The first-order valence-electron chi connectivity index (χ1n) is 11.3. The van der Waals surface area contributed by atoms with Gasteiger partial charge in [-0.3, -0.25) is 9.69 Å². The van der Waals surface area contributed by atoms with Gasteiger partial charge in [0, 0.05) is 52.5 Å². The van der Waals surface area contributed by atoms with E-state index in [2.05, 4.69) is 38.8 Å². The molecule has 1 saturated carbocycles. The number of amides is 1. The van der Waals surface area contributed by atoms with E-state index >= 15 is 0 Å². The van der Waals surface area contributed by atoms with Gasteiger partial charge in [-0.15, -0.1) is 17.9 Å². The van der Waals surface area contributed by atoms with Gasteiger partial charge in [0.2, 0.25) is 5.91 Å². The van der Waals surface area contributed by atoms with Crippen molar-refractivity contribution in [1.82, 2.24) is 10.2 Å². The number of halogens is 1. The van der Waals surface area contributed by atoms with Crippen LogP contribution in [0.15, 0.2) is 58.9 Å². The molecule has 2 aromatic rings. The predicted molar refractivity (Wildman–Crippen MR) is 138 cm³/mol. The lowest BCUT2D eigenvalue weighted by molar-refractivity contribution is -0.148. The lowest BCUT2D eigenvalue weighted by Gasteiger charge is -2.59. The number of fused-ring (bicyclic) bond motifs is 1. The average molecular weight is 532 g/mol. The molecule has 0 radical (unpaired) electrons. The van der Waals surface area contributed by atoms with Gasteiger partial charge in [-0.2, -0.15) is 0 Å². The second-order valence-electron chi connectivity index (χ2n) is 9.05. The molecule has 1 amide bonds. The highest BCUT2D eigenvalue weighted by Crippen LogP contribution is 2.53. The number of benzene rings is 1. The van der Waals surface area contributed by atoms with Crippen LogP contribution in [0.2, 0.25) is 0 Å². The molecule has 2 N–H and O–H groups in total. The zero-order chi connectivity index (χ0) is 23.5. The minimum Gasteiger partial charge on any atom is -0.508 e. The summed E-state index contributed by atoms with van der Waals surface area (Å²) in [4.78, 5) is 16.2. The third-order valence-electron chi connectivity index (χ3n) is 7.21. The van der Waals surface area contributed by atoms with Gasteiger partial charge in [-0.25, -0.2) is 0 Å². The van der Waals surface area contributed by atoms with E-state index in [1.807, 2.05) is 35.7 Å². The highest BCUT2D eigenvalue weighted by molar-refractivity contribution is 9.10. The first-order valence-corrected chi connectivity index (χ1v) is 13.0. The number of rotatable bonds is 7. The Bertz CT molecular complexity index is 1040. The summed E-state index contributed by atoms with van der Waals surface area (Å²) in [6.07, 6.45) is 8.75. The predicted octanol–water partition coefficient (Wildman–Crippen LogP) is 5.11. The average Bonchev–Trinajstić information content (AvgIpc) is 3.23. The maximum atomic E-state index is 12.7. The molecule has 1 aliphatic heterocycles. The van der Waals surface area contributed by atoms with Crippen molar-refractivity contribution in [2.75, 3.05) is 26.7 Å². The number of aromatic hydroxyl groups is 1. The Labute approximate surface area is 208 Å². The molecule has 2 aliphatic rings. The maximum absolute atomic E-state index is 12.7. The normalized spacial score (nSPS) is 27.9. The molecule has 176 valence electrons. The number of phenolic OH excluding ortho intramolecular Hbond substituents is 1. The zero-order valence-corrected chi connectivity index (χ0v) is 21.3. The van der Waals surface area contributed by atoms with Crippen molar-refractivity contribution in [2.24, 2.45) is 0 Å². The number of nitrogens with zero attached hydrogens (tertiary/aromatic N) is 1. The first-order chi connectivity index (χ1) is 15.9. The van der Waals surface area contributed by atoms with Crippen molar-refractivity contribution in [3.05, 3.63) is 69.4 Å². The fourth-order valence-corrected chi connectivity index (χ4v) is 7.02. The van der Waals surface area contributed by atoms with Gasteiger partial charge in [0.25, 0.3) is 0 Å². The van der Waals surface area contributed by atoms with Crippen LogP contribution in [0.25, 0.3) is 6.08 Å². The number of nitrogens with one attached hydrogen (secondary N) is 1. The summed E-state index contributed by atoms with van der Waals surface area (Å²) in [5.41, 5.74) is 0.402. The number of phenols is 1. The van der Waals surface area contributed by atoms with E-state index in [0.717, 1.165) is 60.2 Å². The Morgan fingerprint density at radius 1 is 1.42 bits per heavy atom. The third-order valence-corrected chi connectivity index (χ3v) is 8.87. The van der Waals surface area contributed by atoms with Gasteiger partial charge in [0.05, 0.1) is 5.60 Å². The van der Waals surface area contributed by atoms with Crippen molar-refractivity contribution in [3.63, 3.8) is 0 Å². The molecule has 1 aromatic carbocycles. The quantitative estimate of drug-likeness (QED) is 0.385. The Balaban J connectivity index is 1.59. The molecule has 4 rings (SSSR count). The molecule has 1 aliphatic carbocycles. The molecule has 1 aromatic heterocycles. The summed E-state index contributed by atoms with van der Waals surface area (Å²) in [6.45, 7) is 6.45. The van der Waals surface area contributed by atoms with Crippen LogP contribution in [-0.4, -0.2) is 54.3 Å². The minimum absolute atomic E-state index is 0.0359. The maximum Gasteiger partial charge on any atom is 0.244 e.